The van der Waals surface area contributed by atoms with Crippen LogP contribution < -0.4 is 14.8 Å². The molecule has 17 heavy (non-hydrogen) atoms. The largest absolute Gasteiger partial charge is 0.496 e. The second-order valence-electron chi connectivity index (χ2n) is 3.04. The molecule has 0 saturated heterocycles. The van der Waals surface area contributed by atoms with Crippen molar-refractivity contribution in [2.45, 2.75) is 0 Å². The number of aromatic carboxylic acids is 1. The highest BCUT2D eigenvalue weighted by atomic mass is 31.2. The second kappa shape index (κ2) is 4.75. The quantitative estimate of drug-likeness (QED) is 0.664. The van der Waals surface area contributed by atoms with Crippen LogP contribution in [0.4, 0.5) is 0 Å². The molecule has 1 aromatic rings. The van der Waals surface area contributed by atoms with Gasteiger partial charge in [0.05, 0.1) is 14.2 Å². The first-order valence-corrected chi connectivity index (χ1v) is 5.98. The van der Waals surface area contributed by atoms with E-state index in [0.717, 1.165) is 0 Å². The zero-order chi connectivity index (χ0) is 13.2. The molecule has 0 bridgehead atoms. The number of carboxylic acid groups (broad SMARTS) is 1. The van der Waals surface area contributed by atoms with Crippen LogP contribution in [0.25, 0.3) is 0 Å². The zero-order valence-electron chi connectivity index (χ0n) is 9.08. The summed E-state index contributed by atoms with van der Waals surface area (Å²) in [7, 11) is -2.40. The van der Waals surface area contributed by atoms with Crippen LogP contribution >= 0.6 is 7.60 Å². The molecule has 0 fully saturated rings. The average molecular weight is 262 g/mol. The molecule has 0 amide bonds. The number of methoxy groups -OCH3 is 2. The summed E-state index contributed by atoms with van der Waals surface area (Å²) < 4.78 is 20.8. The maximum absolute atomic E-state index is 11.3. The lowest BCUT2D eigenvalue weighted by Gasteiger charge is -2.15. The fourth-order valence-electron chi connectivity index (χ4n) is 1.38. The van der Waals surface area contributed by atoms with Gasteiger partial charge < -0.3 is 24.4 Å². The molecule has 0 aliphatic carbocycles. The van der Waals surface area contributed by atoms with Gasteiger partial charge in [-0.15, -0.1) is 0 Å². The molecule has 8 heteroatoms. The van der Waals surface area contributed by atoms with E-state index in [1.165, 1.54) is 26.4 Å². The normalized spacial score (nSPS) is 11.1. The standard InChI is InChI=1S/C9H11O7P/c1-15-5-3-4-6(16-2)8(17(12,13)14)7(5)9(10)11/h3-4H,1-2H3,(H,10,11)(H2,12,13,14). The third-order valence-electron chi connectivity index (χ3n) is 2.05. The van der Waals surface area contributed by atoms with Crippen LogP contribution in [0, 0.1) is 0 Å². The van der Waals surface area contributed by atoms with Crippen LogP contribution in [0.15, 0.2) is 12.1 Å². The third kappa shape index (κ3) is 2.58. The summed E-state index contributed by atoms with van der Waals surface area (Å²) in [4.78, 5) is 29.4. The van der Waals surface area contributed by atoms with Crippen molar-refractivity contribution in [3.05, 3.63) is 17.7 Å². The van der Waals surface area contributed by atoms with Gasteiger partial charge in [0.2, 0.25) is 0 Å². The highest BCUT2D eigenvalue weighted by Gasteiger charge is 2.32. The highest BCUT2D eigenvalue weighted by molar-refractivity contribution is 7.60. The Labute approximate surface area is 96.8 Å². The zero-order valence-corrected chi connectivity index (χ0v) is 9.97. The molecule has 0 saturated carbocycles. The van der Waals surface area contributed by atoms with Gasteiger partial charge in [-0.1, -0.05) is 0 Å². The molecule has 1 rings (SSSR count). The molecule has 0 radical (unpaired) electrons. The van der Waals surface area contributed by atoms with Crippen LogP contribution in [0.3, 0.4) is 0 Å². The Bertz CT molecular complexity index is 490. The van der Waals surface area contributed by atoms with Crippen molar-refractivity contribution < 1.29 is 33.7 Å². The SMILES string of the molecule is COc1ccc(OC)c(P(=O)(O)O)c1C(=O)O. The van der Waals surface area contributed by atoms with Crippen molar-refractivity contribution >= 4 is 18.9 Å². The maximum Gasteiger partial charge on any atom is 0.360 e. The number of carboxylic acids is 1. The second-order valence-corrected chi connectivity index (χ2v) is 4.58. The number of benzene rings is 1. The van der Waals surface area contributed by atoms with E-state index in [1.54, 1.807) is 0 Å². The topological polar surface area (TPSA) is 113 Å². The molecule has 7 nitrogen and oxygen atoms in total. The van der Waals surface area contributed by atoms with Crippen molar-refractivity contribution in [2.75, 3.05) is 14.2 Å². The van der Waals surface area contributed by atoms with Gasteiger partial charge in [0.25, 0.3) is 0 Å². The Hall–Kier alpha value is -1.56. The third-order valence-corrected chi connectivity index (χ3v) is 3.07. The molecule has 0 unspecified atom stereocenters. The van der Waals surface area contributed by atoms with Crippen molar-refractivity contribution in [2.24, 2.45) is 0 Å². The van der Waals surface area contributed by atoms with Crippen molar-refractivity contribution in [3.63, 3.8) is 0 Å². The van der Waals surface area contributed by atoms with Crippen LogP contribution in [-0.4, -0.2) is 35.1 Å². The van der Waals surface area contributed by atoms with Crippen molar-refractivity contribution in [1.29, 1.82) is 0 Å². The number of carbonyl (C=O) groups is 1. The van der Waals surface area contributed by atoms with E-state index < -0.39 is 24.4 Å². The van der Waals surface area contributed by atoms with E-state index in [-0.39, 0.29) is 11.5 Å². The van der Waals surface area contributed by atoms with Crippen LogP contribution in [-0.2, 0) is 4.57 Å². The lowest BCUT2D eigenvalue weighted by atomic mass is 10.2. The maximum atomic E-state index is 11.3. The first-order chi connectivity index (χ1) is 7.82. The molecule has 0 aromatic heterocycles. The van der Waals surface area contributed by atoms with Crippen LogP contribution in [0.5, 0.6) is 11.5 Å². The minimum absolute atomic E-state index is 0.142. The summed E-state index contributed by atoms with van der Waals surface area (Å²) >= 11 is 0. The summed E-state index contributed by atoms with van der Waals surface area (Å²) in [6.45, 7) is 0. The number of hydrogen-bond donors (Lipinski definition) is 3. The highest BCUT2D eigenvalue weighted by Crippen LogP contribution is 2.41. The summed E-state index contributed by atoms with van der Waals surface area (Å²) in [5, 5.41) is 8.29. The Morgan fingerprint density at radius 3 is 2.00 bits per heavy atom. The molecule has 3 N–H and O–H groups in total. The van der Waals surface area contributed by atoms with Gasteiger partial charge in [-0.05, 0) is 12.1 Å². The van der Waals surface area contributed by atoms with E-state index >= 15 is 0 Å². The summed E-state index contributed by atoms with van der Waals surface area (Å²) in [5.74, 6) is -1.84. The van der Waals surface area contributed by atoms with Crippen LogP contribution in [0.2, 0.25) is 0 Å². The lowest BCUT2D eigenvalue weighted by Crippen LogP contribution is -2.19. The Balaban J connectivity index is 3.71. The summed E-state index contributed by atoms with van der Waals surface area (Å²) in [6.07, 6.45) is 0. The van der Waals surface area contributed by atoms with Gasteiger partial charge in [-0.3, -0.25) is 4.57 Å². The van der Waals surface area contributed by atoms with Crippen LogP contribution in [0.1, 0.15) is 10.4 Å². The molecule has 0 heterocycles. The Morgan fingerprint density at radius 1 is 1.18 bits per heavy atom. The molecule has 1 aromatic carbocycles. The Morgan fingerprint density at radius 2 is 1.65 bits per heavy atom. The van der Waals surface area contributed by atoms with E-state index in [0.29, 0.717) is 0 Å². The monoisotopic (exact) mass is 262 g/mol. The molecule has 0 aliphatic rings. The van der Waals surface area contributed by atoms with E-state index in [1.807, 2.05) is 0 Å². The van der Waals surface area contributed by atoms with E-state index in [2.05, 4.69) is 0 Å². The molecule has 0 atom stereocenters. The fourth-order valence-corrected chi connectivity index (χ4v) is 2.33. The summed E-state index contributed by atoms with van der Waals surface area (Å²) in [6, 6.07) is 2.50. The van der Waals surface area contributed by atoms with Gasteiger partial charge in [-0.25, -0.2) is 4.79 Å². The van der Waals surface area contributed by atoms with Gasteiger partial charge in [-0.2, -0.15) is 0 Å². The van der Waals surface area contributed by atoms with Gasteiger partial charge in [0, 0.05) is 0 Å². The van der Waals surface area contributed by atoms with E-state index in [4.69, 9.17) is 24.4 Å². The van der Waals surface area contributed by atoms with Gasteiger partial charge in [0.15, 0.2) is 0 Å². The molecule has 0 spiro atoms. The van der Waals surface area contributed by atoms with Crippen molar-refractivity contribution in [3.8, 4) is 11.5 Å². The summed E-state index contributed by atoms with van der Waals surface area (Å²) in [5.41, 5.74) is -0.597. The molecule has 94 valence electrons. The molecular formula is C9H11O7P. The predicted molar refractivity (Wildman–Crippen MR) is 58.2 cm³/mol. The van der Waals surface area contributed by atoms with Gasteiger partial charge in [0.1, 0.15) is 22.4 Å². The van der Waals surface area contributed by atoms with E-state index in [9.17, 15) is 9.36 Å². The molecule has 0 aliphatic heterocycles. The number of hydrogen-bond acceptors (Lipinski definition) is 4. The number of ether oxygens (including phenoxy) is 2. The molecular weight excluding hydrogens is 251 g/mol. The minimum atomic E-state index is -4.79. The van der Waals surface area contributed by atoms with Gasteiger partial charge >= 0.3 is 13.6 Å². The first-order valence-electron chi connectivity index (χ1n) is 4.37. The lowest BCUT2D eigenvalue weighted by molar-refractivity contribution is 0.0694. The predicted octanol–water partition coefficient (Wildman–Crippen LogP) is 0.205. The fraction of sp³-hybridized carbons (Fsp3) is 0.222. The minimum Gasteiger partial charge on any atom is -0.496 e. The average Bonchev–Trinajstić information content (AvgIpc) is 2.25. The first kappa shape index (κ1) is 13.5. The smallest absolute Gasteiger partial charge is 0.360 e. The van der Waals surface area contributed by atoms with Crippen molar-refractivity contribution in [1.82, 2.24) is 0 Å². The Kier molecular flexibility index (Phi) is 3.77. The number of rotatable bonds is 4.